The first-order chi connectivity index (χ1) is 10.1. The van der Waals surface area contributed by atoms with Crippen LogP contribution in [0.3, 0.4) is 0 Å². The summed E-state index contributed by atoms with van der Waals surface area (Å²) in [6.45, 7) is 2.00. The van der Waals surface area contributed by atoms with Crippen molar-refractivity contribution in [2.75, 3.05) is 0 Å². The van der Waals surface area contributed by atoms with Gasteiger partial charge in [-0.25, -0.2) is 0 Å². The molecule has 21 heavy (non-hydrogen) atoms. The van der Waals surface area contributed by atoms with Gasteiger partial charge in [0.05, 0.1) is 5.52 Å². The Morgan fingerprint density at radius 3 is 2.71 bits per heavy atom. The Labute approximate surface area is 129 Å². The van der Waals surface area contributed by atoms with Gasteiger partial charge in [-0.1, -0.05) is 41.9 Å². The molecule has 0 saturated heterocycles. The zero-order chi connectivity index (χ0) is 14.8. The van der Waals surface area contributed by atoms with Gasteiger partial charge in [-0.05, 0) is 48.7 Å². The molecule has 1 aromatic heterocycles. The van der Waals surface area contributed by atoms with Crippen LogP contribution in [0.25, 0.3) is 10.9 Å². The molecule has 0 aliphatic rings. The highest BCUT2D eigenvalue weighted by atomic mass is 35.5. The van der Waals surface area contributed by atoms with Gasteiger partial charge in [0.1, 0.15) is 0 Å². The lowest BCUT2D eigenvalue weighted by molar-refractivity contribution is 0.723. The molecule has 0 aliphatic heterocycles. The van der Waals surface area contributed by atoms with E-state index in [2.05, 4.69) is 23.2 Å². The number of pyridine rings is 1. The Bertz CT molecular complexity index is 783. The van der Waals surface area contributed by atoms with E-state index in [1.54, 1.807) is 0 Å². The van der Waals surface area contributed by atoms with Gasteiger partial charge in [0.15, 0.2) is 0 Å². The minimum atomic E-state index is -0.0735. The number of halogens is 1. The van der Waals surface area contributed by atoms with Crippen molar-refractivity contribution in [2.24, 2.45) is 5.73 Å². The summed E-state index contributed by atoms with van der Waals surface area (Å²) >= 11 is 6.20. The third kappa shape index (κ3) is 3.07. The lowest BCUT2D eigenvalue weighted by Crippen LogP contribution is -2.13. The van der Waals surface area contributed by atoms with Gasteiger partial charge in [-0.15, -0.1) is 0 Å². The summed E-state index contributed by atoms with van der Waals surface area (Å²) in [5.74, 6) is 0. The maximum atomic E-state index is 6.34. The second-order valence-corrected chi connectivity index (χ2v) is 5.71. The highest BCUT2D eigenvalue weighted by Gasteiger charge is 2.10. The van der Waals surface area contributed by atoms with Crippen molar-refractivity contribution in [3.63, 3.8) is 0 Å². The Kier molecular flexibility index (Phi) is 3.91. The molecule has 0 bridgehead atoms. The van der Waals surface area contributed by atoms with Gasteiger partial charge in [-0.2, -0.15) is 0 Å². The summed E-state index contributed by atoms with van der Waals surface area (Å²) < 4.78 is 0. The molecule has 2 nitrogen and oxygen atoms in total. The van der Waals surface area contributed by atoms with Crippen molar-refractivity contribution in [3.05, 3.63) is 76.4 Å². The molecule has 106 valence electrons. The van der Waals surface area contributed by atoms with Crippen molar-refractivity contribution in [1.29, 1.82) is 0 Å². The summed E-state index contributed by atoms with van der Waals surface area (Å²) in [6.07, 6.45) is 0.727. The molecule has 1 unspecified atom stereocenters. The molecule has 2 N–H and O–H groups in total. The highest BCUT2D eigenvalue weighted by Crippen LogP contribution is 2.24. The lowest BCUT2D eigenvalue weighted by atomic mass is 9.98. The van der Waals surface area contributed by atoms with Crippen LogP contribution < -0.4 is 5.73 Å². The maximum Gasteiger partial charge on any atom is 0.0705 e. The second-order valence-electron chi connectivity index (χ2n) is 5.31. The van der Waals surface area contributed by atoms with Crippen molar-refractivity contribution >= 4 is 22.5 Å². The van der Waals surface area contributed by atoms with Crippen LogP contribution >= 0.6 is 11.6 Å². The Balaban J connectivity index is 1.89. The van der Waals surface area contributed by atoms with Crippen molar-refractivity contribution in [1.82, 2.24) is 4.98 Å². The van der Waals surface area contributed by atoms with E-state index in [1.807, 2.05) is 43.3 Å². The summed E-state index contributed by atoms with van der Waals surface area (Å²) in [7, 11) is 0. The average molecular weight is 297 g/mol. The number of benzene rings is 2. The molecule has 3 aromatic rings. The monoisotopic (exact) mass is 296 g/mol. The summed E-state index contributed by atoms with van der Waals surface area (Å²) in [5.41, 5.74) is 10.5. The van der Waals surface area contributed by atoms with Crippen molar-refractivity contribution < 1.29 is 0 Å². The molecule has 0 fully saturated rings. The van der Waals surface area contributed by atoms with Crippen LogP contribution in [0.15, 0.2) is 54.6 Å². The highest BCUT2D eigenvalue weighted by molar-refractivity contribution is 6.31. The average Bonchev–Trinajstić information content (AvgIpc) is 2.49. The zero-order valence-electron chi connectivity index (χ0n) is 11.9. The second kappa shape index (κ2) is 5.84. The standard InChI is InChI=1S/C18H17ClN2/c1-12-6-7-15-10-14(8-9-18(15)21-12)17(20)11-13-4-2-3-5-16(13)19/h2-10,17H,11,20H2,1H3. The summed E-state index contributed by atoms with van der Waals surface area (Å²) in [6, 6.07) is 18.1. The number of hydrogen-bond donors (Lipinski definition) is 1. The number of rotatable bonds is 3. The molecular weight excluding hydrogens is 280 g/mol. The number of hydrogen-bond acceptors (Lipinski definition) is 2. The fraction of sp³-hybridized carbons (Fsp3) is 0.167. The summed E-state index contributed by atoms with van der Waals surface area (Å²) in [4.78, 5) is 4.51. The number of nitrogens with zero attached hydrogens (tertiary/aromatic N) is 1. The van der Waals surface area contributed by atoms with E-state index < -0.39 is 0 Å². The SMILES string of the molecule is Cc1ccc2cc(C(N)Cc3ccccc3Cl)ccc2n1. The number of aryl methyl sites for hydroxylation is 1. The Morgan fingerprint density at radius 2 is 1.90 bits per heavy atom. The van der Waals surface area contributed by atoms with E-state index in [1.165, 1.54) is 0 Å². The quantitative estimate of drug-likeness (QED) is 0.776. The van der Waals surface area contributed by atoms with E-state index in [0.717, 1.165) is 39.2 Å². The van der Waals surface area contributed by atoms with E-state index in [9.17, 15) is 0 Å². The number of nitrogens with two attached hydrogens (primary N) is 1. The minimum absolute atomic E-state index is 0.0735. The first kappa shape index (κ1) is 14.1. The molecule has 3 heteroatoms. The molecule has 0 spiro atoms. The molecule has 3 rings (SSSR count). The van der Waals surface area contributed by atoms with Gasteiger partial charge < -0.3 is 5.73 Å². The first-order valence-electron chi connectivity index (χ1n) is 7.00. The third-order valence-electron chi connectivity index (χ3n) is 3.68. The smallest absolute Gasteiger partial charge is 0.0705 e. The fourth-order valence-electron chi connectivity index (χ4n) is 2.50. The Morgan fingerprint density at radius 1 is 1.10 bits per heavy atom. The lowest BCUT2D eigenvalue weighted by Gasteiger charge is -2.14. The van der Waals surface area contributed by atoms with Crippen LogP contribution in [-0.2, 0) is 6.42 Å². The molecule has 0 amide bonds. The topological polar surface area (TPSA) is 38.9 Å². The maximum absolute atomic E-state index is 6.34. The predicted octanol–water partition coefficient (Wildman–Crippen LogP) is 4.44. The predicted molar refractivity (Wildman–Crippen MR) is 88.6 cm³/mol. The van der Waals surface area contributed by atoms with Crippen LogP contribution in [0.5, 0.6) is 0 Å². The van der Waals surface area contributed by atoms with Gasteiger partial charge in [0.2, 0.25) is 0 Å². The van der Waals surface area contributed by atoms with Gasteiger partial charge in [0, 0.05) is 22.1 Å². The van der Waals surface area contributed by atoms with Crippen LogP contribution in [-0.4, -0.2) is 4.98 Å². The number of aromatic nitrogens is 1. The van der Waals surface area contributed by atoms with Crippen molar-refractivity contribution in [3.8, 4) is 0 Å². The first-order valence-corrected chi connectivity index (χ1v) is 7.37. The Hall–Kier alpha value is -1.90. The molecule has 1 atom stereocenters. The zero-order valence-corrected chi connectivity index (χ0v) is 12.6. The van der Waals surface area contributed by atoms with E-state index in [-0.39, 0.29) is 6.04 Å². The molecule has 2 aromatic carbocycles. The van der Waals surface area contributed by atoms with E-state index >= 15 is 0 Å². The fourth-order valence-corrected chi connectivity index (χ4v) is 2.71. The number of fused-ring (bicyclic) bond motifs is 1. The third-order valence-corrected chi connectivity index (χ3v) is 4.05. The van der Waals surface area contributed by atoms with E-state index in [4.69, 9.17) is 17.3 Å². The van der Waals surface area contributed by atoms with Crippen LogP contribution in [0.1, 0.15) is 22.9 Å². The van der Waals surface area contributed by atoms with Crippen LogP contribution in [0.4, 0.5) is 0 Å². The van der Waals surface area contributed by atoms with Gasteiger partial charge >= 0.3 is 0 Å². The van der Waals surface area contributed by atoms with Crippen LogP contribution in [0, 0.1) is 6.92 Å². The van der Waals surface area contributed by atoms with Gasteiger partial charge in [-0.3, -0.25) is 4.98 Å². The normalized spacial score (nSPS) is 12.5. The van der Waals surface area contributed by atoms with Gasteiger partial charge in [0.25, 0.3) is 0 Å². The van der Waals surface area contributed by atoms with Crippen molar-refractivity contribution in [2.45, 2.75) is 19.4 Å². The minimum Gasteiger partial charge on any atom is -0.324 e. The molecule has 0 aliphatic carbocycles. The van der Waals surface area contributed by atoms with E-state index in [0.29, 0.717) is 0 Å². The van der Waals surface area contributed by atoms with Crippen LogP contribution in [0.2, 0.25) is 5.02 Å². The molecule has 0 radical (unpaired) electrons. The largest absolute Gasteiger partial charge is 0.324 e. The molecule has 1 heterocycles. The molecule has 0 saturated carbocycles. The summed E-state index contributed by atoms with van der Waals surface area (Å²) in [5, 5.41) is 1.89. The molecular formula is C18H17ClN2.